The van der Waals surface area contributed by atoms with Gasteiger partial charge in [0.15, 0.2) is 0 Å². The van der Waals surface area contributed by atoms with Crippen molar-refractivity contribution in [2.24, 2.45) is 11.8 Å². The van der Waals surface area contributed by atoms with E-state index in [1.807, 2.05) is 0 Å². The number of anilines is 1. The highest BCUT2D eigenvalue weighted by Gasteiger charge is 2.37. The highest BCUT2D eigenvalue weighted by Crippen LogP contribution is 2.32. The molecule has 27 heavy (non-hydrogen) atoms. The highest BCUT2D eigenvalue weighted by atomic mass is 35.5. The van der Waals surface area contributed by atoms with Crippen molar-refractivity contribution in [3.05, 3.63) is 18.2 Å². The number of ether oxygens (including phenoxy) is 2. The maximum absolute atomic E-state index is 12.7. The summed E-state index contributed by atoms with van der Waals surface area (Å²) in [5.74, 6) is 1.20. The second-order valence-electron chi connectivity index (χ2n) is 7.06. The van der Waals surface area contributed by atoms with Crippen molar-refractivity contribution in [3.63, 3.8) is 0 Å². The molecule has 1 aromatic rings. The summed E-state index contributed by atoms with van der Waals surface area (Å²) in [6.07, 6.45) is 1.15. The van der Waals surface area contributed by atoms with Crippen LogP contribution in [0.4, 0.5) is 5.69 Å². The summed E-state index contributed by atoms with van der Waals surface area (Å²) in [7, 11) is 3.14. The zero-order valence-electron chi connectivity index (χ0n) is 16.0. The van der Waals surface area contributed by atoms with Gasteiger partial charge in [-0.15, -0.1) is 12.4 Å². The molecule has 2 heterocycles. The van der Waals surface area contributed by atoms with Gasteiger partial charge in [-0.25, -0.2) is 0 Å². The van der Waals surface area contributed by atoms with Crippen molar-refractivity contribution in [3.8, 4) is 11.5 Å². The fraction of sp³-hybridized carbons (Fsp3) is 0.579. The Morgan fingerprint density at radius 1 is 1.22 bits per heavy atom. The molecule has 2 saturated heterocycles. The van der Waals surface area contributed by atoms with E-state index in [2.05, 4.69) is 17.6 Å². The van der Waals surface area contributed by atoms with Gasteiger partial charge in [-0.3, -0.25) is 9.59 Å². The van der Waals surface area contributed by atoms with Crippen LogP contribution in [0.5, 0.6) is 11.5 Å². The molecule has 0 aliphatic carbocycles. The molecule has 3 unspecified atom stereocenters. The first-order valence-corrected chi connectivity index (χ1v) is 9.06. The molecular formula is C19H28ClN3O4. The van der Waals surface area contributed by atoms with E-state index >= 15 is 0 Å². The number of nitrogens with one attached hydrogen (secondary N) is 2. The number of carbonyl (C=O) groups excluding carboxylic acids is 2. The highest BCUT2D eigenvalue weighted by molar-refractivity contribution is 6.00. The summed E-state index contributed by atoms with van der Waals surface area (Å²) < 4.78 is 10.6. The van der Waals surface area contributed by atoms with Gasteiger partial charge in [-0.2, -0.15) is 0 Å². The summed E-state index contributed by atoms with van der Waals surface area (Å²) in [6, 6.07) is 5.50. The van der Waals surface area contributed by atoms with E-state index in [1.54, 1.807) is 37.3 Å². The minimum atomic E-state index is -0.332. The second kappa shape index (κ2) is 9.28. The Hall–Kier alpha value is -1.99. The molecule has 3 rings (SSSR count). The van der Waals surface area contributed by atoms with Crippen LogP contribution in [0.15, 0.2) is 18.2 Å². The molecule has 2 amide bonds. The van der Waals surface area contributed by atoms with Crippen LogP contribution in [0.3, 0.4) is 0 Å². The Kier molecular flexibility index (Phi) is 7.33. The topological polar surface area (TPSA) is 79.9 Å². The van der Waals surface area contributed by atoms with E-state index in [4.69, 9.17) is 9.47 Å². The van der Waals surface area contributed by atoms with Crippen LogP contribution in [-0.2, 0) is 9.59 Å². The molecule has 1 aromatic carbocycles. The SMILES string of the molecule is COc1cc(OC)cc(N2CC(C(=O)NC3CCNCC3C)CC2=O)c1.Cl. The van der Waals surface area contributed by atoms with E-state index in [-0.39, 0.29) is 42.6 Å². The van der Waals surface area contributed by atoms with Crippen LogP contribution in [0.2, 0.25) is 0 Å². The number of carbonyl (C=O) groups is 2. The molecular weight excluding hydrogens is 370 g/mol. The zero-order valence-corrected chi connectivity index (χ0v) is 16.8. The third-order valence-corrected chi connectivity index (χ3v) is 5.26. The molecule has 0 aromatic heterocycles. The maximum Gasteiger partial charge on any atom is 0.227 e. The molecule has 2 aliphatic heterocycles. The first-order chi connectivity index (χ1) is 12.5. The van der Waals surface area contributed by atoms with E-state index < -0.39 is 0 Å². The number of hydrogen-bond acceptors (Lipinski definition) is 5. The number of methoxy groups -OCH3 is 2. The number of halogens is 1. The molecule has 0 spiro atoms. The average Bonchev–Trinajstić information content (AvgIpc) is 3.05. The van der Waals surface area contributed by atoms with Crippen molar-refractivity contribution in [1.82, 2.24) is 10.6 Å². The van der Waals surface area contributed by atoms with Gasteiger partial charge in [0, 0.05) is 37.2 Å². The van der Waals surface area contributed by atoms with Gasteiger partial charge in [0.2, 0.25) is 11.8 Å². The summed E-state index contributed by atoms with van der Waals surface area (Å²) in [6.45, 7) is 4.32. The van der Waals surface area contributed by atoms with Gasteiger partial charge in [0.25, 0.3) is 0 Å². The molecule has 0 bridgehead atoms. The number of benzene rings is 1. The third-order valence-electron chi connectivity index (χ3n) is 5.26. The smallest absolute Gasteiger partial charge is 0.227 e. The van der Waals surface area contributed by atoms with Gasteiger partial charge >= 0.3 is 0 Å². The summed E-state index contributed by atoms with van der Waals surface area (Å²) in [5.41, 5.74) is 0.691. The van der Waals surface area contributed by atoms with Crippen LogP contribution in [0.25, 0.3) is 0 Å². The number of amides is 2. The van der Waals surface area contributed by atoms with Gasteiger partial charge in [-0.1, -0.05) is 6.92 Å². The molecule has 150 valence electrons. The molecule has 2 aliphatic rings. The molecule has 0 radical (unpaired) electrons. The maximum atomic E-state index is 12.7. The molecule has 7 nitrogen and oxygen atoms in total. The van der Waals surface area contributed by atoms with Gasteiger partial charge in [0.05, 0.1) is 25.8 Å². The largest absolute Gasteiger partial charge is 0.497 e. The third kappa shape index (κ3) is 4.84. The van der Waals surface area contributed by atoms with Crippen LogP contribution in [0.1, 0.15) is 19.8 Å². The van der Waals surface area contributed by atoms with E-state index in [9.17, 15) is 9.59 Å². The lowest BCUT2D eigenvalue weighted by molar-refractivity contribution is -0.127. The number of rotatable bonds is 5. The minimum Gasteiger partial charge on any atom is -0.497 e. The lowest BCUT2D eigenvalue weighted by Gasteiger charge is -2.31. The molecule has 2 fully saturated rings. The Bertz CT molecular complexity index is 663. The van der Waals surface area contributed by atoms with Crippen LogP contribution < -0.4 is 25.0 Å². The van der Waals surface area contributed by atoms with Crippen molar-refractivity contribution in [2.45, 2.75) is 25.8 Å². The summed E-state index contributed by atoms with van der Waals surface area (Å²) in [4.78, 5) is 26.8. The molecule has 3 atom stereocenters. The van der Waals surface area contributed by atoms with Crippen LogP contribution in [-0.4, -0.2) is 51.7 Å². The normalized spacial score (nSPS) is 24.9. The Morgan fingerprint density at radius 3 is 2.48 bits per heavy atom. The van der Waals surface area contributed by atoms with Crippen molar-refractivity contribution in [1.29, 1.82) is 0 Å². The minimum absolute atomic E-state index is 0. The van der Waals surface area contributed by atoms with E-state index in [0.717, 1.165) is 19.5 Å². The lowest BCUT2D eigenvalue weighted by atomic mass is 9.94. The summed E-state index contributed by atoms with van der Waals surface area (Å²) >= 11 is 0. The van der Waals surface area contributed by atoms with Gasteiger partial charge < -0.3 is 25.0 Å². The van der Waals surface area contributed by atoms with Gasteiger partial charge in [0.1, 0.15) is 11.5 Å². The fourth-order valence-corrected chi connectivity index (χ4v) is 3.61. The van der Waals surface area contributed by atoms with Crippen molar-refractivity contribution < 1.29 is 19.1 Å². The first kappa shape index (κ1) is 21.3. The van der Waals surface area contributed by atoms with Crippen LogP contribution >= 0.6 is 12.4 Å². The standard InChI is InChI=1S/C19H27N3O4.ClH/c1-12-10-20-5-4-17(12)21-19(24)13-6-18(23)22(11-13)14-7-15(25-2)9-16(8-14)26-3;/h7-9,12-13,17,20H,4-6,10-11H2,1-3H3,(H,21,24);1H. The Morgan fingerprint density at radius 2 is 1.89 bits per heavy atom. The van der Waals surface area contributed by atoms with Crippen molar-refractivity contribution in [2.75, 3.05) is 38.8 Å². The quantitative estimate of drug-likeness (QED) is 0.788. The molecule has 0 saturated carbocycles. The van der Waals surface area contributed by atoms with Crippen LogP contribution in [0, 0.1) is 11.8 Å². The van der Waals surface area contributed by atoms with E-state index in [0.29, 0.717) is 29.6 Å². The fourth-order valence-electron chi connectivity index (χ4n) is 3.61. The predicted octanol–water partition coefficient (Wildman–Crippen LogP) is 1.59. The average molecular weight is 398 g/mol. The number of piperidine rings is 1. The zero-order chi connectivity index (χ0) is 18.7. The lowest BCUT2D eigenvalue weighted by Crippen LogP contribution is -2.50. The number of hydrogen-bond donors (Lipinski definition) is 2. The summed E-state index contributed by atoms with van der Waals surface area (Å²) in [5, 5.41) is 6.47. The predicted molar refractivity (Wildman–Crippen MR) is 106 cm³/mol. The molecule has 8 heteroatoms. The number of nitrogens with zero attached hydrogens (tertiary/aromatic N) is 1. The van der Waals surface area contributed by atoms with Crippen molar-refractivity contribution >= 4 is 29.9 Å². The Labute approximate surface area is 166 Å². The molecule has 2 N–H and O–H groups in total. The van der Waals surface area contributed by atoms with E-state index in [1.165, 1.54) is 0 Å². The first-order valence-electron chi connectivity index (χ1n) is 9.06. The Balaban J connectivity index is 0.00000261. The monoisotopic (exact) mass is 397 g/mol. The second-order valence-corrected chi connectivity index (χ2v) is 7.06. The van der Waals surface area contributed by atoms with Gasteiger partial charge in [-0.05, 0) is 25.4 Å².